The molecule has 0 rings (SSSR count). The average molecular weight is 379 g/mol. The Morgan fingerprint density at radius 3 is 1.48 bits per heavy atom. The van der Waals surface area contributed by atoms with E-state index in [0.29, 0.717) is 0 Å². The zero-order valence-corrected chi connectivity index (χ0v) is 16.9. The summed E-state index contributed by atoms with van der Waals surface area (Å²) in [6, 6.07) is 1.24. The first-order valence-corrected chi connectivity index (χ1v) is 15.4. The van der Waals surface area contributed by atoms with Gasteiger partial charge < -0.3 is 8.54 Å². The lowest BCUT2D eigenvalue weighted by Gasteiger charge is -2.16. The summed E-state index contributed by atoms with van der Waals surface area (Å²) in [7, 11) is -2.57. The first-order chi connectivity index (χ1) is 7.62. The summed E-state index contributed by atoms with van der Waals surface area (Å²) in [5.41, 5.74) is 0. The van der Waals surface area contributed by atoms with Gasteiger partial charge in [-0.05, 0) is 58.7 Å². The van der Waals surface area contributed by atoms with Gasteiger partial charge in [-0.2, -0.15) is 0 Å². The maximum atomic E-state index is 5.75. The quantitative estimate of drug-likeness (QED) is 0.291. The third-order valence-corrected chi connectivity index (χ3v) is 8.13. The maximum Gasteiger partial charge on any atom is 0.183 e. The van der Waals surface area contributed by atoms with Crippen LogP contribution in [0.15, 0.2) is 0 Å². The summed E-state index contributed by atoms with van der Waals surface area (Å²) >= 11 is 5.53. The molecule has 0 atom stereocenters. The van der Waals surface area contributed by atoms with E-state index < -0.39 is 16.6 Å². The molecule has 0 aromatic carbocycles. The predicted octanol–water partition coefficient (Wildman–Crippen LogP) is 6.37. The van der Waals surface area contributed by atoms with Gasteiger partial charge in [-0.25, -0.2) is 0 Å². The van der Waals surface area contributed by atoms with Gasteiger partial charge in [-0.1, -0.05) is 29.7 Å². The zero-order chi connectivity index (χ0) is 13.9. The van der Waals surface area contributed by atoms with Crippen molar-refractivity contribution in [3.8, 4) is 0 Å². The van der Waals surface area contributed by atoms with Gasteiger partial charge in [0.15, 0.2) is 16.6 Å². The van der Waals surface area contributed by atoms with Crippen molar-refractivity contribution in [3.63, 3.8) is 0 Å². The van der Waals surface area contributed by atoms with E-state index >= 15 is 0 Å². The Morgan fingerprint density at radius 2 is 1.29 bits per heavy atom. The van der Waals surface area contributed by atoms with E-state index in [1.54, 1.807) is 0 Å². The van der Waals surface area contributed by atoms with Gasteiger partial charge >= 0.3 is 0 Å². The van der Waals surface area contributed by atoms with Crippen molar-refractivity contribution in [2.45, 2.75) is 88.4 Å². The molecular weight excluding hydrogens is 332 g/mol. The van der Waals surface area contributed by atoms with Crippen LogP contribution in [0.1, 0.15) is 43.1 Å². The van der Waals surface area contributed by atoms with Crippen molar-refractivity contribution < 1.29 is 8.54 Å². The van der Waals surface area contributed by atoms with Gasteiger partial charge in [0.25, 0.3) is 0 Å². The Balaban J connectivity index is -0.0000000468. The Morgan fingerprint density at radius 1 is 0.857 bits per heavy atom. The fourth-order valence-electron chi connectivity index (χ4n) is 1.01. The molecule has 6 heteroatoms. The highest BCUT2D eigenvalue weighted by Crippen LogP contribution is 2.03. The lowest BCUT2D eigenvalue weighted by molar-refractivity contribution is 0.334. The molecular formula is C15H47ClO2Si3. The first kappa shape index (κ1) is 37.8. The summed E-state index contributed by atoms with van der Waals surface area (Å²) in [6.45, 7) is 16.2. The molecule has 0 heterocycles. The minimum Gasteiger partial charge on any atom is -0.461 e. The van der Waals surface area contributed by atoms with Gasteiger partial charge in [-0.15, -0.1) is 11.6 Å². The highest BCUT2D eigenvalue weighted by atomic mass is 35.5. The van der Waals surface area contributed by atoms with E-state index in [1.807, 2.05) is 6.92 Å². The monoisotopic (exact) mass is 378 g/mol. The predicted molar refractivity (Wildman–Crippen MR) is 115 cm³/mol. The topological polar surface area (TPSA) is 18.5 Å². The van der Waals surface area contributed by atoms with Gasteiger partial charge in [0.1, 0.15) is 9.76 Å². The van der Waals surface area contributed by atoms with Crippen LogP contribution >= 0.6 is 11.6 Å². The molecule has 0 radical (unpaired) electrons. The third kappa shape index (κ3) is 52.8. The van der Waals surface area contributed by atoms with Gasteiger partial charge in [0.2, 0.25) is 0 Å². The highest BCUT2D eigenvalue weighted by Gasteiger charge is 2.12. The van der Waals surface area contributed by atoms with Crippen molar-refractivity contribution in [1.82, 2.24) is 0 Å². The molecule has 0 aromatic heterocycles. The van der Waals surface area contributed by atoms with Crippen LogP contribution in [-0.2, 0) is 8.54 Å². The third-order valence-electron chi connectivity index (χ3n) is 1.64. The Hall–Kier alpha value is 0.861. The Labute approximate surface area is 147 Å². The maximum absolute atomic E-state index is 5.75. The van der Waals surface area contributed by atoms with Crippen molar-refractivity contribution in [3.05, 3.63) is 0 Å². The second-order valence-electron chi connectivity index (χ2n) is 5.90. The number of hydrogen-bond acceptors (Lipinski definition) is 2. The molecule has 0 saturated carbocycles. The minimum absolute atomic E-state index is 0. The SMILES string of the molecule is C.C.C.C.CCO[Si](C)(C)C.C[Si](C)(C)O[SiH2]CCCCl. The average Bonchev–Trinajstić information content (AvgIpc) is 2.10. The van der Waals surface area contributed by atoms with Crippen LogP contribution in [-0.4, -0.2) is 38.9 Å². The molecule has 0 spiro atoms. The summed E-state index contributed by atoms with van der Waals surface area (Å²) in [5.74, 6) is 0.794. The number of rotatable bonds is 7. The molecule has 138 valence electrons. The fourth-order valence-corrected chi connectivity index (χ4v) is 5.86. The molecule has 0 amide bonds. The summed E-state index contributed by atoms with van der Waals surface area (Å²) in [6.07, 6.45) is 1.14. The molecule has 2 nitrogen and oxygen atoms in total. The minimum atomic E-state index is -1.19. The molecule has 0 aromatic rings. The van der Waals surface area contributed by atoms with Crippen LogP contribution in [0, 0.1) is 0 Å². The summed E-state index contributed by atoms with van der Waals surface area (Å²) < 4.78 is 11.1. The van der Waals surface area contributed by atoms with Crippen molar-refractivity contribution >= 4 is 38.0 Å². The van der Waals surface area contributed by atoms with Gasteiger partial charge in [-0.3, -0.25) is 0 Å². The first-order valence-electron chi connectivity index (χ1n) is 6.46. The van der Waals surface area contributed by atoms with Crippen LogP contribution in [0.4, 0.5) is 0 Å². The van der Waals surface area contributed by atoms with E-state index in [-0.39, 0.29) is 39.5 Å². The molecule has 0 aliphatic heterocycles. The highest BCUT2D eigenvalue weighted by molar-refractivity contribution is 6.73. The Bertz CT molecular complexity index is 169. The standard InChI is InChI=1S/C6H17ClOSi2.C5H14OSi.4CH4/c1-10(2,3)8-9-6-4-5-7;1-5-6-7(2,3)4;;;;/h4-6,9H2,1-3H3;5H2,1-4H3;4*1H4. The molecule has 0 fully saturated rings. The van der Waals surface area contributed by atoms with Gasteiger partial charge in [0, 0.05) is 12.5 Å². The molecule has 0 aliphatic rings. The molecule has 0 N–H and O–H groups in total. The fraction of sp³-hybridized carbons (Fsp3) is 1.00. The second kappa shape index (κ2) is 20.9. The van der Waals surface area contributed by atoms with Crippen molar-refractivity contribution in [1.29, 1.82) is 0 Å². The summed E-state index contributed by atoms with van der Waals surface area (Å²) in [4.78, 5) is 0. The molecule has 21 heavy (non-hydrogen) atoms. The second-order valence-corrected chi connectivity index (χ2v) is 17.3. The molecule has 0 aliphatic carbocycles. The summed E-state index contributed by atoms with van der Waals surface area (Å²) in [5, 5.41) is 0. The van der Waals surface area contributed by atoms with E-state index in [2.05, 4.69) is 39.3 Å². The van der Waals surface area contributed by atoms with Gasteiger partial charge in [0.05, 0.1) is 0 Å². The largest absolute Gasteiger partial charge is 0.461 e. The van der Waals surface area contributed by atoms with Crippen LogP contribution in [0.25, 0.3) is 0 Å². The van der Waals surface area contributed by atoms with E-state index in [9.17, 15) is 0 Å². The molecule has 0 bridgehead atoms. The molecule has 0 saturated heterocycles. The smallest absolute Gasteiger partial charge is 0.183 e. The number of halogens is 1. The Kier molecular flexibility index (Phi) is 37.6. The van der Waals surface area contributed by atoms with Crippen LogP contribution in [0.2, 0.25) is 45.3 Å². The lowest BCUT2D eigenvalue weighted by atomic mass is 10.6. The molecule has 0 unspecified atom stereocenters. The van der Waals surface area contributed by atoms with E-state index in [4.69, 9.17) is 20.1 Å². The van der Waals surface area contributed by atoms with Crippen molar-refractivity contribution in [2.75, 3.05) is 12.5 Å². The normalized spacial score (nSPS) is 10.3. The lowest BCUT2D eigenvalue weighted by Crippen LogP contribution is -2.27. The zero-order valence-electron chi connectivity index (χ0n) is 12.7. The van der Waals surface area contributed by atoms with Crippen molar-refractivity contribution in [2.24, 2.45) is 0 Å². The number of hydrogen-bond donors (Lipinski definition) is 0. The van der Waals surface area contributed by atoms with E-state index in [0.717, 1.165) is 18.9 Å². The van der Waals surface area contributed by atoms with E-state index in [1.165, 1.54) is 6.04 Å². The van der Waals surface area contributed by atoms with Crippen LogP contribution < -0.4 is 0 Å². The number of alkyl halides is 1. The van der Waals surface area contributed by atoms with Crippen LogP contribution in [0.3, 0.4) is 0 Å². The van der Waals surface area contributed by atoms with Crippen LogP contribution in [0.5, 0.6) is 0 Å².